The van der Waals surface area contributed by atoms with Crippen LogP contribution in [0, 0.1) is 0 Å². The van der Waals surface area contributed by atoms with Gasteiger partial charge >= 0.3 is 0 Å². The van der Waals surface area contributed by atoms with Gasteiger partial charge in [0.05, 0.1) is 10.1 Å². The van der Waals surface area contributed by atoms with E-state index in [1.54, 1.807) is 25.1 Å². The molecule has 2 N–H and O–H groups in total. The number of aromatic nitrogens is 2. The molecule has 3 rings (SSSR count). The van der Waals surface area contributed by atoms with Crippen molar-refractivity contribution in [1.29, 1.82) is 0 Å². The van der Waals surface area contributed by atoms with E-state index in [-0.39, 0.29) is 22.0 Å². The van der Waals surface area contributed by atoms with E-state index < -0.39 is 10.0 Å². The van der Waals surface area contributed by atoms with E-state index in [2.05, 4.69) is 20.0 Å². The minimum absolute atomic E-state index is 0.0158. The number of sulfonamides is 1. The van der Waals surface area contributed by atoms with Gasteiger partial charge < -0.3 is 5.32 Å². The number of carbonyl (C=O) groups is 1. The molecule has 1 atom stereocenters. The number of hydrogen-bond donors (Lipinski definition) is 2. The Bertz CT molecular complexity index is 1080. The summed E-state index contributed by atoms with van der Waals surface area (Å²) >= 11 is 7.26. The molecule has 0 unspecified atom stereocenters. The molecule has 0 spiro atoms. The minimum atomic E-state index is -3.82. The van der Waals surface area contributed by atoms with Gasteiger partial charge in [-0.05, 0) is 61.5 Å². The highest BCUT2D eigenvalue weighted by atomic mass is 35.5. The number of thioether (sulfide) groups is 1. The molecular weight excluding hydrogens is 432 g/mol. The molecule has 0 fully saturated rings. The van der Waals surface area contributed by atoms with Crippen molar-refractivity contribution in [2.24, 2.45) is 0 Å². The fourth-order valence-electron chi connectivity index (χ4n) is 2.26. The number of anilines is 2. The number of nitrogens with one attached hydrogen (secondary N) is 2. The van der Waals surface area contributed by atoms with Crippen molar-refractivity contribution in [2.45, 2.75) is 22.0 Å². The molecule has 0 aliphatic rings. The van der Waals surface area contributed by atoms with Crippen molar-refractivity contribution in [3.05, 3.63) is 72.0 Å². The van der Waals surface area contributed by atoms with Crippen molar-refractivity contribution in [3.63, 3.8) is 0 Å². The predicted octanol–water partition coefficient (Wildman–Crippen LogP) is 4.05. The fraction of sp³-hybridized carbons (Fsp3) is 0.105. The largest absolute Gasteiger partial charge is 0.325 e. The van der Waals surface area contributed by atoms with Crippen LogP contribution in [-0.4, -0.2) is 29.5 Å². The predicted molar refractivity (Wildman–Crippen MR) is 115 cm³/mol. The summed E-state index contributed by atoms with van der Waals surface area (Å²) in [6.07, 6.45) is 2.87. The second kappa shape index (κ2) is 9.25. The number of benzene rings is 2. The van der Waals surface area contributed by atoms with Crippen molar-refractivity contribution >= 4 is 50.9 Å². The van der Waals surface area contributed by atoms with Crippen LogP contribution >= 0.6 is 23.4 Å². The molecule has 3 aromatic rings. The zero-order valence-electron chi connectivity index (χ0n) is 15.2. The average molecular weight is 449 g/mol. The van der Waals surface area contributed by atoms with Crippen molar-refractivity contribution in [2.75, 3.05) is 10.0 Å². The van der Waals surface area contributed by atoms with E-state index in [9.17, 15) is 13.2 Å². The molecule has 0 saturated carbocycles. The van der Waals surface area contributed by atoms with Gasteiger partial charge in [-0.25, -0.2) is 23.1 Å². The maximum atomic E-state index is 12.4. The Morgan fingerprint density at radius 1 is 1.03 bits per heavy atom. The van der Waals surface area contributed by atoms with Gasteiger partial charge in [0, 0.05) is 28.0 Å². The van der Waals surface area contributed by atoms with Gasteiger partial charge in [0.2, 0.25) is 11.9 Å². The van der Waals surface area contributed by atoms with E-state index in [4.69, 9.17) is 11.6 Å². The lowest BCUT2D eigenvalue weighted by Gasteiger charge is -2.13. The average Bonchev–Trinajstić information content (AvgIpc) is 2.70. The topological polar surface area (TPSA) is 101 Å². The van der Waals surface area contributed by atoms with Gasteiger partial charge in [0.25, 0.3) is 10.0 Å². The Labute approximate surface area is 178 Å². The second-order valence-corrected chi connectivity index (χ2v) is 9.44. The molecule has 29 heavy (non-hydrogen) atoms. The zero-order chi connectivity index (χ0) is 20.9. The van der Waals surface area contributed by atoms with Crippen molar-refractivity contribution in [3.8, 4) is 0 Å². The van der Waals surface area contributed by atoms with Gasteiger partial charge in [0.15, 0.2) is 0 Å². The number of rotatable bonds is 7. The Hall–Kier alpha value is -2.62. The van der Waals surface area contributed by atoms with Crippen LogP contribution in [0.3, 0.4) is 0 Å². The van der Waals surface area contributed by atoms with Crippen LogP contribution < -0.4 is 10.0 Å². The molecule has 150 valence electrons. The quantitative estimate of drug-likeness (QED) is 0.529. The summed E-state index contributed by atoms with van der Waals surface area (Å²) in [6.45, 7) is 1.79. The highest BCUT2D eigenvalue weighted by Crippen LogP contribution is 2.26. The molecule has 0 radical (unpaired) electrons. The summed E-state index contributed by atoms with van der Waals surface area (Å²) in [6, 6.07) is 14.7. The van der Waals surface area contributed by atoms with E-state index in [0.29, 0.717) is 10.7 Å². The molecule has 0 bridgehead atoms. The Morgan fingerprint density at radius 3 is 2.28 bits per heavy atom. The lowest BCUT2D eigenvalue weighted by molar-refractivity contribution is -0.115. The number of nitrogens with zero attached hydrogens (tertiary/aromatic N) is 2. The van der Waals surface area contributed by atoms with Gasteiger partial charge in [-0.2, -0.15) is 0 Å². The van der Waals surface area contributed by atoms with Gasteiger partial charge in [-0.1, -0.05) is 11.6 Å². The summed E-state index contributed by atoms with van der Waals surface area (Å²) in [7, 11) is -3.82. The molecule has 2 aromatic carbocycles. The molecule has 0 aliphatic carbocycles. The number of hydrogen-bond acceptors (Lipinski definition) is 6. The summed E-state index contributed by atoms with van der Waals surface area (Å²) < 4.78 is 27.1. The second-order valence-electron chi connectivity index (χ2n) is 5.91. The first-order valence-electron chi connectivity index (χ1n) is 8.46. The maximum absolute atomic E-state index is 12.4. The van der Waals surface area contributed by atoms with E-state index in [0.717, 1.165) is 4.90 Å². The Morgan fingerprint density at radius 2 is 1.66 bits per heavy atom. The van der Waals surface area contributed by atoms with Crippen molar-refractivity contribution in [1.82, 2.24) is 9.97 Å². The maximum Gasteiger partial charge on any atom is 0.264 e. The number of amides is 1. The molecular formula is C19H17ClN4O3S2. The van der Waals surface area contributed by atoms with Crippen LogP contribution in [0.4, 0.5) is 11.6 Å². The highest BCUT2D eigenvalue weighted by Gasteiger charge is 2.17. The standard InChI is InChI=1S/C19H17ClN4O3S2/c1-13(28-16-7-3-14(20)4-8-16)18(25)23-15-5-9-17(10-6-15)29(26,27)24-19-21-11-2-12-22-19/h2-13H,1H3,(H,23,25)(H,21,22,24)/t13-/m1/s1. The smallest absolute Gasteiger partial charge is 0.264 e. The van der Waals surface area contributed by atoms with Crippen molar-refractivity contribution < 1.29 is 13.2 Å². The van der Waals surface area contributed by atoms with Crippen LogP contribution in [0.2, 0.25) is 5.02 Å². The summed E-state index contributed by atoms with van der Waals surface area (Å²) in [5.74, 6) is -0.214. The van der Waals surface area contributed by atoms with Crippen LogP contribution in [-0.2, 0) is 14.8 Å². The molecule has 1 amide bonds. The van der Waals surface area contributed by atoms with Gasteiger partial charge in [-0.15, -0.1) is 11.8 Å². The third kappa shape index (κ3) is 5.93. The SMILES string of the molecule is C[C@@H](Sc1ccc(Cl)cc1)C(=O)Nc1ccc(S(=O)(=O)Nc2ncccn2)cc1. The molecule has 1 aromatic heterocycles. The third-order valence-electron chi connectivity index (χ3n) is 3.72. The summed E-state index contributed by atoms with van der Waals surface area (Å²) in [5.41, 5.74) is 0.494. The minimum Gasteiger partial charge on any atom is -0.325 e. The molecule has 10 heteroatoms. The molecule has 0 aliphatic heterocycles. The van der Waals surface area contributed by atoms with Crippen LogP contribution in [0.15, 0.2) is 76.8 Å². The molecule has 0 saturated heterocycles. The Balaban J connectivity index is 1.62. The first-order chi connectivity index (χ1) is 13.8. The normalized spacial score (nSPS) is 12.2. The number of carbonyl (C=O) groups excluding carboxylic acids is 1. The van der Waals surface area contributed by atoms with Gasteiger partial charge in [0.1, 0.15) is 0 Å². The monoisotopic (exact) mass is 448 g/mol. The van der Waals surface area contributed by atoms with E-state index in [1.165, 1.54) is 48.4 Å². The first kappa shape index (κ1) is 21.1. The van der Waals surface area contributed by atoms with Gasteiger partial charge in [-0.3, -0.25) is 4.79 Å². The summed E-state index contributed by atoms with van der Waals surface area (Å²) in [5, 5.41) is 3.06. The highest BCUT2D eigenvalue weighted by molar-refractivity contribution is 8.00. The van der Waals surface area contributed by atoms with E-state index >= 15 is 0 Å². The Kier molecular flexibility index (Phi) is 6.73. The van der Waals surface area contributed by atoms with Crippen LogP contribution in [0.1, 0.15) is 6.92 Å². The fourth-order valence-corrected chi connectivity index (χ4v) is 4.21. The lowest BCUT2D eigenvalue weighted by atomic mass is 10.3. The van der Waals surface area contributed by atoms with E-state index in [1.807, 2.05) is 12.1 Å². The zero-order valence-corrected chi connectivity index (χ0v) is 17.6. The number of halogens is 1. The van der Waals surface area contributed by atoms with Crippen LogP contribution in [0.25, 0.3) is 0 Å². The molecule has 7 nitrogen and oxygen atoms in total. The van der Waals surface area contributed by atoms with Crippen LogP contribution in [0.5, 0.6) is 0 Å². The first-order valence-corrected chi connectivity index (χ1v) is 11.2. The molecule has 1 heterocycles. The lowest BCUT2D eigenvalue weighted by Crippen LogP contribution is -2.22. The third-order valence-corrected chi connectivity index (χ3v) is 6.43. The summed E-state index contributed by atoms with van der Waals surface area (Å²) in [4.78, 5) is 21.0.